The van der Waals surface area contributed by atoms with Gasteiger partial charge in [-0.1, -0.05) is 21.9 Å². The van der Waals surface area contributed by atoms with E-state index in [2.05, 4.69) is 21.9 Å². The quantitative estimate of drug-likeness (QED) is 0.441. The van der Waals surface area contributed by atoms with Crippen LogP contribution < -0.4 is 0 Å². The summed E-state index contributed by atoms with van der Waals surface area (Å²) in [5.41, 5.74) is 0. The smallest absolute Gasteiger partial charge is 0.111 e. The summed E-state index contributed by atoms with van der Waals surface area (Å²) in [6, 6.07) is 0. The average molecular weight is 163 g/mol. The van der Waals surface area contributed by atoms with Crippen LogP contribution in [0.3, 0.4) is 0 Å². The lowest BCUT2D eigenvalue weighted by Gasteiger charge is -1.97. The molecule has 0 aliphatic heterocycles. The minimum atomic E-state index is 0.0727. The molecule has 0 saturated carbocycles. The van der Waals surface area contributed by atoms with Crippen molar-refractivity contribution in [3.63, 3.8) is 0 Å². The summed E-state index contributed by atoms with van der Waals surface area (Å²) in [4.78, 5) is 0. The maximum atomic E-state index is 4.88. The van der Waals surface area contributed by atoms with Gasteiger partial charge >= 0.3 is 0 Å². The van der Waals surface area contributed by atoms with E-state index in [4.69, 9.17) is 11.2 Å². The van der Waals surface area contributed by atoms with Crippen molar-refractivity contribution >= 4 is 15.9 Å². The van der Waals surface area contributed by atoms with Gasteiger partial charge in [0.05, 0.1) is 0 Å². The standard InChI is InChI=1S/C5H7BrO/c1-3-4-7-5(2)6/h1,5H,4H2,2H3. The molecule has 0 N–H and O–H groups in total. The molecular weight excluding hydrogens is 156 g/mol. The van der Waals surface area contributed by atoms with Gasteiger partial charge in [-0.15, -0.1) is 6.42 Å². The zero-order valence-corrected chi connectivity index (χ0v) is 5.73. The summed E-state index contributed by atoms with van der Waals surface area (Å²) in [5.74, 6) is 2.35. The van der Waals surface area contributed by atoms with Gasteiger partial charge in [-0.05, 0) is 6.92 Å². The van der Waals surface area contributed by atoms with E-state index in [9.17, 15) is 0 Å². The SMILES string of the molecule is C#CCOC(C)Br. The fourth-order valence-electron chi connectivity index (χ4n) is 0.163. The molecule has 7 heavy (non-hydrogen) atoms. The van der Waals surface area contributed by atoms with Crippen molar-refractivity contribution in [3.8, 4) is 12.3 Å². The highest BCUT2D eigenvalue weighted by molar-refractivity contribution is 9.09. The van der Waals surface area contributed by atoms with Crippen LogP contribution in [-0.4, -0.2) is 11.6 Å². The zero-order valence-electron chi connectivity index (χ0n) is 4.15. The molecule has 0 aromatic rings. The number of terminal acetylenes is 1. The molecule has 2 heteroatoms. The Hall–Kier alpha value is 0. The van der Waals surface area contributed by atoms with Crippen LogP contribution in [0.5, 0.6) is 0 Å². The van der Waals surface area contributed by atoms with Gasteiger partial charge in [0.25, 0.3) is 0 Å². The molecule has 0 aliphatic carbocycles. The molecule has 1 unspecified atom stereocenters. The average Bonchev–Trinajstić information content (AvgIpc) is 1.61. The minimum Gasteiger partial charge on any atom is -0.355 e. The van der Waals surface area contributed by atoms with Crippen molar-refractivity contribution in [2.75, 3.05) is 6.61 Å². The van der Waals surface area contributed by atoms with Gasteiger partial charge in [-0.25, -0.2) is 0 Å². The second-order valence-electron chi connectivity index (χ2n) is 1.06. The lowest BCUT2D eigenvalue weighted by molar-refractivity contribution is 0.161. The minimum absolute atomic E-state index is 0.0727. The fourth-order valence-corrected chi connectivity index (χ4v) is 0.295. The first kappa shape index (κ1) is 7.00. The lowest BCUT2D eigenvalue weighted by Crippen LogP contribution is -1.97. The van der Waals surface area contributed by atoms with Crippen LogP contribution in [0.15, 0.2) is 0 Å². The summed E-state index contributed by atoms with van der Waals surface area (Å²) >= 11 is 3.16. The Labute approximate surface area is 52.2 Å². The van der Waals surface area contributed by atoms with E-state index in [1.54, 1.807) is 0 Å². The monoisotopic (exact) mass is 162 g/mol. The summed E-state index contributed by atoms with van der Waals surface area (Å²) < 4.78 is 4.87. The summed E-state index contributed by atoms with van der Waals surface area (Å²) in [5, 5.41) is 0.0727. The molecular formula is C5H7BrO. The fraction of sp³-hybridized carbons (Fsp3) is 0.600. The van der Waals surface area contributed by atoms with Crippen LogP contribution in [0.1, 0.15) is 6.92 Å². The predicted molar refractivity (Wildman–Crippen MR) is 33.2 cm³/mol. The van der Waals surface area contributed by atoms with Crippen LogP contribution in [0.4, 0.5) is 0 Å². The van der Waals surface area contributed by atoms with Gasteiger partial charge in [-0.3, -0.25) is 0 Å². The molecule has 0 radical (unpaired) electrons. The molecule has 1 nitrogen and oxygen atoms in total. The zero-order chi connectivity index (χ0) is 5.70. The van der Waals surface area contributed by atoms with E-state index in [1.807, 2.05) is 6.92 Å². The van der Waals surface area contributed by atoms with Crippen molar-refractivity contribution in [2.45, 2.75) is 11.9 Å². The van der Waals surface area contributed by atoms with E-state index in [1.165, 1.54) is 0 Å². The number of hydrogen-bond acceptors (Lipinski definition) is 1. The largest absolute Gasteiger partial charge is 0.355 e. The van der Waals surface area contributed by atoms with E-state index in [0.717, 1.165) is 0 Å². The molecule has 0 heterocycles. The second kappa shape index (κ2) is 4.17. The number of hydrogen-bond donors (Lipinski definition) is 0. The van der Waals surface area contributed by atoms with E-state index < -0.39 is 0 Å². The normalized spacial score (nSPS) is 12.7. The second-order valence-corrected chi connectivity index (χ2v) is 2.35. The number of ether oxygens (including phenoxy) is 1. The van der Waals surface area contributed by atoms with Crippen LogP contribution in [-0.2, 0) is 4.74 Å². The highest BCUT2D eigenvalue weighted by Crippen LogP contribution is 1.96. The van der Waals surface area contributed by atoms with Gasteiger partial charge in [-0.2, -0.15) is 0 Å². The molecule has 0 bridgehead atoms. The first-order chi connectivity index (χ1) is 3.27. The highest BCUT2D eigenvalue weighted by atomic mass is 79.9. The first-order valence-corrected chi connectivity index (χ1v) is 2.88. The van der Waals surface area contributed by atoms with Crippen LogP contribution >= 0.6 is 15.9 Å². The number of alkyl halides is 1. The number of rotatable bonds is 2. The molecule has 0 aromatic carbocycles. The van der Waals surface area contributed by atoms with Crippen molar-refractivity contribution in [2.24, 2.45) is 0 Å². The van der Waals surface area contributed by atoms with Crippen molar-refractivity contribution in [1.29, 1.82) is 0 Å². The molecule has 0 aromatic heterocycles. The third-order valence-corrected chi connectivity index (χ3v) is 0.661. The van der Waals surface area contributed by atoms with Gasteiger partial charge in [0.15, 0.2) is 0 Å². The Morgan fingerprint density at radius 1 is 2.00 bits per heavy atom. The summed E-state index contributed by atoms with van der Waals surface area (Å²) in [7, 11) is 0. The molecule has 0 amide bonds. The van der Waals surface area contributed by atoms with Crippen molar-refractivity contribution in [3.05, 3.63) is 0 Å². The first-order valence-electron chi connectivity index (χ1n) is 1.96. The Morgan fingerprint density at radius 3 is 2.71 bits per heavy atom. The molecule has 40 valence electrons. The Balaban J connectivity index is 2.86. The van der Waals surface area contributed by atoms with Crippen LogP contribution in [0, 0.1) is 12.3 Å². The number of halogens is 1. The Kier molecular flexibility index (Phi) is 4.17. The van der Waals surface area contributed by atoms with Crippen molar-refractivity contribution in [1.82, 2.24) is 0 Å². The van der Waals surface area contributed by atoms with E-state index in [0.29, 0.717) is 6.61 Å². The maximum absolute atomic E-state index is 4.88. The predicted octanol–water partition coefficient (Wildman–Crippen LogP) is 1.38. The molecule has 0 aliphatic rings. The van der Waals surface area contributed by atoms with Gasteiger partial charge in [0.1, 0.15) is 11.6 Å². The van der Waals surface area contributed by atoms with Crippen LogP contribution in [0.25, 0.3) is 0 Å². The van der Waals surface area contributed by atoms with E-state index in [-0.39, 0.29) is 5.01 Å². The third-order valence-electron chi connectivity index (χ3n) is 0.396. The van der Waals surface area contributed by atoms with Gasteiger partial charge in [0, 0.05) is 0 Å². The molecule has 0 fully saturated rings. The van der Waals surface area contributed by atoms with Gasteiger partial charge < -0.3 is 4.74 Å². The third kappa shape index (κ3) is 6.00. The summed E-state index contributed by atoms with van der Waals surface area (Å²) in [6.07, 6.45) is 4.88. The molecule has 1 atom stereocenters. The van der Waals surface area contributed by atoms with Gasteiger partial charge in [0.2, 0.25) is 0 Å². The Bertz CT molecular complexity index is 72.6. The molecule has 0 rings (SSSR count). The van der Waals surface area contributed by atoms with Crippen LogP contribution in [0.2, 0.25) is 0 Å². The maximum Gasteiger partial charge on any atom is 0.111 e. The highest BCUT2D eigenvalue weighted by Gasteiger charge is 1.87. The summed E-state index contributed by atoms with van der Waals surface area (Å²) in [6.45, 7) is 2.25. The molecule has 0 saturated heterocycles. The van der Waals surface area contributed by atoms with E-state index >= 15 is 0 Å². The topological polar surface area (TPSA) is 9.23 Å². The van der Waals surface area contributed by atoms with Crippen molar-refractivity contribution < 1.29 is 4.74 Å². The molecule has 0 spiro atoms. The Morgan fingerprint density at radius 2 is 2.57 bits per heavy atom. The lowest BCUT2D eigenvalue weighted by atomic mass is 10.7.